The van der Waals surface area contributed by atoms with Crippen LogP contribution in [0, 0.1) is 11.8 Å². The van der Waals surface area contributed by atoms with Crippen molar-refractivity contribution in [3.63, 3.8) is 0 Å². The van der Waals surface area contributed by atoms with Crippen LogP contribution in [0.3, 0.4) is 0 Å². The van der Waals surface area contributed by atoms with Crippen molar-refractivity contribution in [2.75, 3.05) is 25.0 Å². The smallest absolute Gasteiger partial charge is 0.243 e. The van der Waals surface area contributed by atoms with Crippen LogP contribution in [0.2, 0.25) is 0 Å². The van der Waals surface area contributed by atoms with Crippen LogP contribution in [0.4, 0.5) is 5.82 Å². The molecular weight excluding hydrogens is 286 g/mol. The topological polar surface area (TPSA) is 62.3 Å². The van der Waals surface area contributed by atoms with E-state index >= 15 is 0 Å². The first kappa shape index (κ1) is 14.8. The largest absolute Gasteiger partial charge is 0.370 e. The molecule has 0 bridgehead atoms. The molecule has 0 spiro atoms. The highest BCUT2D eigenvalue weighted by Crippen LogP contribution is 2.36. The van der Waals surface area contributed by atoms with Gasteiger partial charge in [-0.15, -0.1) is 0 Å². The molecule has 2 saturated carbocycles. The average molecular weight is 309 g/mol. The van der Waals surface area contributed by atoms with Crippen molar-refractivity contribution in [2.24, 2.45) is 11.8 Å². The van der Waals surface area contributed by atoms with E-state index in [1.807, 2.05) is 6.92 Å². The molecule has 3 rings (SSSR count). The molecular formula is C15H23N3O2S. The van der Waals surface area contributed by atoms with Gasteiger partial charge in [-0.1, -0.05) is 0 Å². The molecule has 0 amide bonds. The third-order valence-electron chi connectivity index (χ3n) is 4.04. The molecule has 0 unspecified atom stereocenters. The summed E-state index contributed by atoms with van der Waals surface area (Å²) in [5.74, 6) is 1.75. The molecule has 0 radical (unpaired) electrons. The summed E-state index contributed by atoms with van der Waals surface area (Å²) < 4.78 is 27.5. The molecule has 1 aromatic heterocycles. The number of nitrogens with zero attached hydrogens (tertiary/aromatic N) is 2. The molecule has 2 aliphatic carbocycles. The van der Waals surface area contributed by atoms with Crippen molar-refractivity contribution in [3.05, 3.63) is 18.3 Å². The Morgan fingerprint density at radius 3 is 2.38 bits per heavy atom. The lowest BCUT2D eigenvalue weighted by molar-refractivity contribution is 0.382. The zero-order chi connectivity index (χ0) is 14.9. The van der Waals surface area contributed by atoms with Crippen molar-refractivity contribution >= 4 is 15.8 Å². The van der Waals surface area contributed by atoms with Crippen LogP contribution in [-0.2, 0) is 10.0 Å². The van der Waals surface area contributed by atoms with E-state index in [1.165, 1.54) is 0 Å². The van der Waals surface area contributed by atoms with E-state index in [4.69, 9.17) is 0 Å². The van der Waals surface area contributed by atoms with Gasteiger partial charge in [-0.2, -0.15) is 4.31 Å². The number of hydrogen-bond acceptors (Lipinski definition) is 4. The van der Waals surface area contributed by atoms with Gasteiger partial charge in [0, 0.05) is 31.9 Å². The Hall–Kier alpha value is -1.14. The fourth-order valence-electron chi connectivity index (χ4n) is 2.45. The second-order valence-corrected chi connectivity index (χ2v) is 8.05. The van der Waals surface area contributed by atoms with Crippen LogP contribution < -0.4 is 5.32 Å². The predicted octanol–water partition coefficient (Wildman–Crippen LogP) is 2.32. The van der Waals surface area contributed by atoms with Crippen molar-refractivity contribution in [2.45, 2.75) is 37.5 Å². The molecule has 1 aromatic rings. The lowest BCUT2D eigenvalue weighted by atomic mass is 10.4. The summed E-state index contributed by atoms with van der Waals surface area (Å²) in [6.07, 6.45) is 6.22. The molecule has 5 nitrogen and oxygen atoms in total. The molecule has 0 aliphatic heterocycles. The summed E-state index contributed by atoms with van der Waals surface area (Å²) in [5, 5.41) is 3.07. The van der Waals surface area contributed by atoms with E-state index in [2.05, 4.69) is 10.3 Å². The normalized spacial score (nSPS) is 19.0. The van der Waals surface area contributed by atoms with Gasteiger partial charge in [0.15, 0.2) is 0 Å². The van der Waals surface area contributed by atoms with Gasteiger partial charge in [0.2, 0.25) is 10.0 Å². The van der Waals surface area contributed by atoms with Crippen molar-refractivity contribution in [3.8, 4) is 0 Å². The minimum absolute atomic E-state index is 0.356. The van der Waals surface area contributed by atoms with Crippen molar-refractivity contribution < 1.29 is 8.42 Å². The quantitative estimate of drug-likeness (QED) is 0.800. The summed E-state index contributed by atoms with van der Waals surface area (Å²) in [6, 6.07) is 3.24. The number of sulfonamides is 1. The number of pyridine rings is 1. The Balaban J connectivity index is 1.82. The van der Waals surface area contributed by atoms with E-state index in [9.17, 15) is 8.42 Å². The maximum atomic E-state index is 12.9. The van der Waals surface area contributed by atoms with Crippen LogP contribution in [0.5, 0.6) is 0 Å². The predicted molar refractivity (Wildman–Crippen MR) is 82.6 cm³/mol. The Morgan fingerprint density at radius 1 is 1.24 bits per heavy atom. The number of rotatable bonds is 8. The van der Waals surface area contributed by atoms with E-state index < -0.39 is 10.0 Å². The molecule has 1 heterocycles. The Labute approximate surface area is 126 Å². The fourth-order valence-corrected chi connectivity index (χ4v) is 4.05. The minimum Gasteiger partial charge on any atom is -0.370 e. The van der Waals surface area contributed by atoms with Crippen LogP contribution in [-0.4, -0.2) is 37.3 Å². The molecule has 2 fully saturated rings. The van der Waals surface area contributed by atoms with E-state index in [-0.39, 0.29) is 0 Å². The third kappa shape index (κ3) is 3.74. The highest BCUT2D eigenvalue weighted by molar-refractivity contribution is 7.89. The van der Waals surface area contributed by atoms with Crippen LogP contribution in [0.25, 0.3) is 0 Å². The third-order valence-corrected chi connectivity index (χ3v) is 5.87. The molecule has 0 aromatic carbocycles. The zero-order valence-electron chi connectivity index (χ0n) is 12.5. The van der Waals surface area contributed by atoms with Gasteiger partial charge in [0.05, 0.1) is 4.90 Å². The van der Waals surface area contributed by atoms with Crippen molar-refractivity contribution in [1.29, 1.82) is 0 Å². The standard InChI is InChI=1S/C15H23N3O2S/c1-2-16-15-9-14(7-8-17-15)21(19,20)18(10-12-3-4-12)11-13-5-6-13/h7-9,12-13H,2-6,10-11H2,1H3,(H,16,17). The van der Waals surface area contributed by atoms with Crippen molar-refractivity contribution in [1.82, 2.24) is 9.29 Å². The van der Waals surface area contributed by atoms with Gasteiger partial charge < -0.3 is 5.32 Å². The van der Waals surface area contributed by atoms with Gasteiger partial charge in [0.25, 0.3) is 0 Å². The lowest BCUT2D eigenvalue weighted by Gasteiger charge is -2.22. The highest BCUT2D eigenvalue weighted by atomic mass is 32.2. The highest BCUT2D eigenvalue weighted by Gasteiger charge is 2.35. The van der Waals surface area contributed by atoms with E-state index in [0.29, 0.717) is 35.6 Å². The van der Waals surface area contributed by atoms with Crippen LogP contribution in [0.15, 0.2) is 23.2 Å². The van der Waals surface area contributed by atoms with Crippen LogP contribution >= 0.6 is 0 Å². The SMILES string of the molecule is CCNc1cc(S(=O)(=O)N(CC2CC2)CC2CC2)ccn1. The molecule has 116 valence electrons. The molecule has 0 atom stereocenters. The summed E-state index contributed by atoms with van der Waals surface area (Å²) in [7, 11) is -3.40. The second kappa shape index (κ2) is 5.93. The van der Waals surface area contributed by atoms with Gasteiger partial charge in [-0.05, 0) is 50.5 Å². The first-order valence-corrected chi connectivity index (χ1v) is 9.23. The number of aromatic nitrogens is 1. The minimum atomic E-state index is -3.40. The number of anilines is 1. The first-order valence-electron chi connectivity index (χ1n) is 7.79. The summed E-state index contributed by atoms with van der Waals surface area (Å²) in [5.41, 5.74) is 0. The van der Waals surface area contributed by atoms with Gasteiger partial charge in [0.1, 0.15) is 5.82 Å². The monoisotopic (exact) mass is 309 g/mol. The zero-order valence-corrected chi connectivity index (χ0v) is 13.3. The Morgan fingerprint density at radius 2 is 1.86 bits per heavy atom. The maximum absolute atomic E-state index is 12.9. The maximum Gasteiger partial charge on any atom is 0.243 e. The molecule has 1 N–H and O–H groups in total. The summed E-state index contributed by atoms with van der Waals surface area (Å²) in [6.45, 7) is 4.05. The second-order valence-electron chi connectivity index (χ2n) is 6.12. The Bertz CT molecular complexity index is 581. The summed E-state index contributed by atoms with van der Waals surface area (Å²) >= 11 is 0. The molecule has 21 heavy (non-hydrogen) atoms. The van der Waals surface area contributed by atoms with E-state index in [0.717, 1.165) is 32.2 Å². The molecule has 0 saturated heterocycles. The van der Waals surface area contributed by atoms with Crippen LogP contribution in [0.1, 0.15) is 32.6 Å². The van der Waals surface area contributed by atoms with Gasteiger partial charge in [-0.25, -0.2) is 13.4 Å². The Kier molecular flexibility index (Phi) is 4.17. The van der Waals surface area contributed by atoms with E-state index in [1.54, 1.807) is 22.6 Å². The average Bonchev–Trinajstić information content (AvgIpc) is 3.34. The van der Waals surface area contributed by atoms with Gasteiger partial charge >= 0.3 is 0 Å². The fraction of sp³-hybridized carbons (Fsp3) is 0.667. The molecule has 6 heteroatoms. The van der Waals surface area contributed by atoms with Gasteiger partial charge in [-0.3, -0.25) is 0 Å². The number of hydrogen-bond donors (Lipinski definition) is 1. The lowest BCUT2D eigenvalue weighted by Crippen LogP contribution is -2.34. The number of nitrogens with one attached hydrogen (secondary N) is 1. The summed E-state index contributed by atoms with van der Waals surface area (Å²) in [4.78, 5) is 4.51. The molecule has 2 aliphatic rings. The first-order chi connectivity index (χ1) is 10.1.